The molecule has 2 nitrogen and oxygen atoms in total. The van der Waals surface area contributed by atoms with Crippen LogP contribution in [-0.2, 0) is 20.8 Å². The Morgan fingerprint density at radius 2 is 1.92 bits per heavy atom. The molecule has 0 saturated heterocycles. The molecule has 0 fully saturated rings. The van der Waals surface area contributed by atoms with E-state index in [2.05, 4.69) is 16.4 Å². The van der Waals surface area contributed by atoms with Crippen LogP contribution < -0.4 is 0 Å². The molecule has 2 aromatic rings. The maximum Gasteiger partial charge on any atom is -0.124 e. The van der Waals surface area contributed by atoms with Gasteiger partial charge in [-0.3, -0.25) is 0 Å². The van der Waals surface area contributed by atoms with Gasteiger partial charge >= 0.3 is 37.9 Å². The van der Waals surface area contributed by atoms with Crippen LogP contribution in [0.4, 0.5) is 0 Å². The Morgan fingerprint density at radius 1 is 1.31 bits per heavy atom. The first-order valence-corrected chi connectivity index (χ1v) is 9.73. The van der Waals surface area contributed by atoms with Crippen molar-refractivity contribution in [1.82, 2.24) is 10.2 Å². The molecule has 2 rings (SSSR count). The van der Waals surface area contributed by atoms with Crippen LogP contribution in [-0.4, -0.2) is 10.2 Å². The summed E-state index contributed by atoms with van der Waals surface area (Å²) >= 11 is -0.826. The molecule has 1 aromatic heterocycles. The normalized spacial score (nSPS) is 6.92. The van der Waals surface area contributed by atoms with Crippen molar-refractivity contribution in [2.24, 2.45) is 0 Å². The number of aromatic nitrogens is 2. The Labute approximate surface area is 96.3 Å². The number of nitrogens with zero attached hydrogens (tertiary/aromatic N) is 1. The third kappa shape index (κ3) is 12.0. The van der Waals surface area contributed by atoms with Crippen LogP contribution >= 0.6 is 17.0 Å². The summed E-state index contributed by atoms with van der Waals surface area (Å²) in [6, 6.07) is 11.7. The maximum absolute atomic E-state index is 4.93. The molecule has 0 unspecified atom stereocenters. The molecule has 0 aliphatic rings. The Bertz CT molecular complexity index is 172. The van der Waals surface area contributed by atoms with Crippen LogP contribution in [0.3, 0.4) is 0 Å². The van der Waals surface area contributed by atoms with Crippen molar-refractivity contribution in [3.63, 3.8) is 0 Å². The van der Waals surface area contributed by atoms with Crippen LogP contribution in [0.5, 0.6) is 0 Å². The first-order valence-electron chi connectivity index (χ1n) is 3.40. The average Bonchev–Trinajstić information content (AvgIpc) is 2.85. The fourth-order valence-corrected chi connectivity index (χ4v) is 0.507. The largest absolute Gasteiger partial charge is 0.382 e. The molecule has 1 N–H and O–H groups in total. The van der Waals surface area contributed by atoms with Gasteiger partial charge in [-0.1, -0.05) is 0 Å². The Kier molecular flexibility index (Phi) is 12.0. The summed E-state index contributed by atoms with van der Waals surface area (Å²) in [5.41, 5.74) is 0. The Morgan fingerprint density at radius 3 is 2.08 bits per heavy atom. The summed E-state index contributed by atoms with van der Waals surface area (Å²) in [5.74, 6) is 0. The van der Waals surface area contributed by atoms with Gasteiger partial charge < -0.3 is 10.2 Å². The molecule has 0 spiro atoms. The van der Waals surface area contributed by atoms with Gasteiger partial charge in [0.1, 0.15) is 0 Å². The molecular formula is C8H8Cl2N2Zr. The minimum Gasteiger partial charge on any atom is -0.382 e. The molecule has 5 heteroatoms. The van der Waals surface area contributed by atoms with E-state index in [4.69, 9.17) is 17.0 Å². The van der Waals surface area contributed by atoms with Gasteiger partial charge in [0.15, 0.2) is 0 Å². The molecule has 0 aliphatic heterocycles. The number of hydrogen-bond acceptors (Lipinski definition) is 1. The van der Waals surface area contributed by atoms with Crippen LogP contribution in [0.2, 0.25) is 0 Å². The molecular weight excluding hydrogens is 286 g/mol. The first kappa shape index (κ1) is 13.0. The second kappa shape index (κ2) is 12.0. The SMILES string of the molecule is [Cl][Zr+2][Cl].[c-]1cc[nH]n1.c1cc[cH-]c1. The van der Waals surface area contributed by atoms with E-state index in [0.29, 0.717) is 0 Å². The van der Waals surface area contributed by atoms with Crippen molar-refractivity contribution < 1.29 is 20.8 Å². The molecule has 0 bridgehead atoms. The van der Waals surface area contributed by atoms with E-state index in [1.54, 1.807) is 12.3 Å². The standard InChI is InChI=1S/C5H5.C3H3N2.2ClH.Zr/c2*1-2-4-5-3-1;;;/h1-5H;1-2H,(H,4,5);2*1H;/q2*-1;;;+4/p-2. The smallest absolute Gasteiger partial charge is 0.124 e. The zero-order valence-corrected chi connectivity index (χ0v) is 10.7. The number of aromatic amines is 1. The van der Waals surface area contributed by atoms with Crippen molar-refractivity contribution in [1.29, 1.82) is 0 Å². The first-order chi connectivity index (χ1) is 6.41. The fourth-order valence-electron chi connectivity index (χ4n) is 0.507. The van der Waals surface area contributed by atoms with Crippen LogP contribution in [0.1, 0.15) is 0 Å². The third-order valence-electron chi connectivity index (χ3n) is 0.917. The summed E-state index contributed by atoms with van der Waals surface area (Å²) in [6.45, 7) is 0. The van der Waals surface area contributed by atoms with Gasteiger partial charge in [-0.2, -0.15) is 24.3 Å². The predicted molar refractivity (Wildman–Crippen MR) is 51.2 cm³/mol. The van der Waals surface area contributed by atoms with Gasteiger partial charge in [0, 0.05) is 0 Å². The minimum absolute atomic E-state index is 0.826. The van der Waals surface area contributed by atoms with E-state index >= 15 is 0 Å². The number of halogens is 2. The van der Waals surface area contributed by atoms with E-state index in [9.17, 15) is 0 Å². The summed E-state index contributed by atoms with van der Waals surface area (Å²) in [7, 11) is 9.87. The monoisotopic (exact) mass is 292 g/mol. The zero-order valence-electron chi connectivity index (χ0n) is 6.74. The van der Waals surface area contributed by atoms with Crippen molar-refractivity contribution in [2.45, 2.75) is 0 Å². The van der Waals surface area contributed by atoms with E-state index in [0.717, 1.165) is 0 Å². The number of rotatable bonds is 0. The van der Waals surface area contributed by atoms with Gasteiger partial charge in [0.25, 0.3) is 0 Å². The quantitative estimate of drug-likeness (QED) is 0.744. The summed E-state index contributed by atoms with van der Waals surface area (Å²) in [5, 5.41) is 6.03. The van der Waals surface area contributed by atoms with E-state index in [1.807, 2.05) is 30.3 Å². The van der Waals surface area contributed by atoms with Crippen molar-refractivity contribution in [2.75, 3.05) is 0 Å². The van der Waals surface area contributed by atoms with Crippen molar-refractivity contribution in [3.05, 3.63) is 48.8 Å². The van der Waals surface area contributed by atoms with Crippen LogP contribution in [0.15, 0.2) is 42.6 Å². The molecule has 0 amide bonds. The van der Waals surface area contributed by atoms with Crippen LogP contribution in [0.25, 0.3) is 0 Å². The van der Waals surface area contributed by atoms with Gasteiger partial charge in [0.05, 0.1) is 0 Å². The van der Waals surface area contributed by atoms with Crippen molar-refractivity contribution in [3.8, 4) is 0 Å². The van der Waals surface area contributed by atoms with Crippen LogP contribution in [0, 0.1) is 6.20 Å². The molecule has 1 aromatic carbocycles. The van der Waals surface area contributed by atoms with Gasteiger partial charge in [-0.25, -0.2) is 12.1 Å². The fraction of sp³-hybridized carbons (Fsp3) is 0. The molecule has 0 aliphatic carbocycles. The van der Waals surface area contributed by atoms with Crippen molar-refractivity contribution >= 4 is 17.0 Å². The minimum atomic E-state index is -0.826. The summed E-state index contributed by atoms with van der Waals surface area (Å²) in [6.07, 6.45) is 4.26. The second-order valence-electron chi connectivity index (χ2n) is 1.74. The topological polar surface area (TPSA) is 28.7 Å². The Balaban J connectivity index is 0.000000174. The van der Waals surface area contributed by atoms with E-state index < -0.39 is 20.8 Å². The second-order valence-corrected chi connectivity index (χ2v) is 5.47. The number of H-pyrrole nitrogens is 1. The summed E-state index contributed by atoms with van der Waals surface area (Å²) < 4.78 is 0. The molecule has 0 atom stereocenters. The molecule has 68 valence electrons. The number of hydrogen-bond donors (Lipinski definition) is 1. The zero-order chi connectivity index (χ0) is 9.78. The average molecular weight is 294 g/mol. The maximum atomic E-state index is 4.93. The van der Waals surface area contributed by atoms with E-state index in [1.165, 1.54) is 0 Å². The van der Waals surface area contributed by atoms with E-state index in [-0.39, 0.29) is 0 Å². The Hall–Kier alpha value is 0.0231. The molecule has 0 radical (unpaired) electrons. The predicted octanol–water partition coefficient (Wildman–Crippen LogP) is 2.99. The molecule has 13 heavy (non-hydrogen) atoms. The van der Waals surface area contributed by atoms with Gasteiger partial charge in [-0.15, -0.1) is 12.4 Å². The van der Waals surface area contributed by atoms with Gasteiger partial charge in [-0.05, 0) is 0 Å². The number of nitrogens with one attached hydrogen (secondary N) is 1. The third-order valence-corrected chi connectivity index (χ3v) is 0.917. The summed E-state index contributed by atoms with van der Waals surface area (Å²) in [4.78, 5) is 0. The molecule has 0 saturated carbocycles. The molecule has 1 heterocycles. The van der Waals surface area contributed by atoms with Gasteiger partial charge in [0.2, 0.25) is 0 Å².